The van der Waals surface area contributed by atoms with Gasteiger partial charge in [0.25, 0.3) is 5.91 Å². The number of aromatic nitrogens is 1. The molecule has 0 spiro atoms. The standard InChI is InChI=1S/C14H12ClN3OS/c15-12-6-2-1-5-11(12)13(19)18-14(20)17-9-10-4-3-7-16-8-10/h1-8H,9H2,(H2,17,18,19,20). The van der Waals surface area contributed by atoms with Gasteiger partial charge in [-0.3, -0.25) is 15.1 Å². The molecule has 2 rings (SSSR count). The second-order valence-corrected chi connectivity index (χ2v) is 4.79. The van der Waals surface area contributed by atoms with Gasteiger partial charge in [-0.15, -0.1) is 0 Å². The van der Waals surface area contributed by atoms with E-state index in [1.54, 1.807) is 36.7 Å². The number of halogens is 1. The monoisotopic (exact) mass is 305 g/mol. The van der Waals surface area contributed by atoms with Gasteiger partial charge < -0.3 is 5.32 Å². The SMILES string of the molecule is O=C(NC(=S)NCc1cccnc1)c1ccccc1Cl. The van der Waals surface area contributed by atoms with Gasteiger partial charge in [0, 0.05) is 18.9 Å². The summed E-state index contributed by atoms with van der Waals surface area (Å²) in [4.78, 5) is 15.9. The Kier molecular flexibility index (Phi) is 5.03. The minimum absolute atomic E-state index is 0.249. The van der Waals surface area contributed by atoms with Crippen LogP contribution < -0.4 is 10.6 Å². The molecule has 20 heavy (non-hydrogen) atoms. The third kappa shape index (κ3) is 4.01. The minimum Gasteiger partial charge on any atom is -0.358 e. The fraction of sp³-hybridized carbons (Fsp3) is 0.0714. The molecule has 6 heteroatoms. The molecule has 0 fully saturated rings. The molecule has 1 aromatic heterocycles. The van der Waals surface area contributed by atoms with Gasteiger partial charge in [0.05, 0.1) is 10.6 Å². The zero-order valence-corrected chi connectivity index (χ0v) is 12.0. The Morgan fingerprint density at radius 1 is 1.25 bits per heavy atom. The summed E-state index contributed by atoms with van der Waals surface area (Å²) in [5.74, 6) is -0.334. The predicted octanol–water partition coefficient (Wildman–Crippen LogP) is 2.54. The number of thiocarbonyl (C=S) groups is 1. The van der Waals surface area contributed by atoms with E-state index in [9.17, 15) is 4.79 Å². The Hall–Kier alpha value is -1.98. The summed E-state index contributed by atoms with van der Waals surface area (Å²) in [6.07, 6.45) is 3.42. The first-order chi connectivity index (χ1) is 9.66. The Morgan fingerprint density at radius 3 is 2.75 bits per heavy atom. The average Bonchev–Trinajstić information content (AvgIpc) is 2.46. The maximum Gasteiger partial charge on any atom is 0.258 e. The number of hydrogen-bond donors (Lipinski definition) is 2. The van der Waals surface area contributed by atoms with Gasteiger partial charge in [-0.2, -0.15) is 0 Å². The van der Waals surface area contributed by atoms with Gasteiger partial charge in [0.2, 0.25) is 0 Å². The van der Waals surface area contributed by atoms with Crippen LogP contribution in [0.15, 0.2) is 48.8 Å². The third-order valence-electron chi connectivity index (χ3n) is 2.52. The van der Waals surface area contributed by atoms with Crippen molar-refractivity contribution in [2.75, 3.05) is 0 Å². The molecule has 1 amide bonds. The van der Waals surface area contributed by atoms with E-state index in [0.29, 0.717) is 17.1 Å². The lowest BCUT2D eigenvalue weighted by Crippen LogP contribution is -2.38. The van der Waals surface area contributed by atoms with Gasteiger partial charge in [0.1, 0.15) is 0 Å². The third-order valence-corrected chi connectivity index (χ3v) is 3.10. The summed E-state index contributed by atoms with van der Waals surface area (Å²) in [5, 5.41) is 6.16. The van der Waals surface area contributed by atoms with Crippen LogP contribution in [0.4, 0.5) is 0 Å². The van der Waals surface area contributed by atoms with Gasteiger partial charge in [-0.1, -0.05) is 29.8 Å². The van der Waals surface area contributed by atoms with Crippen LogP contribution in [0.1, 0.15) is 15.9 Å². The molecule has 0 bridgehead atoms. The van der Waals surface area contributed by atoms with Crippen molar-refractivity contribution in [2.45, 2.75) is 6.54 Å². The largest absolute Gasteiger partial charge is 0.358 e. The van der Waals surface area contributed by atoms with Crippen molar-refractivity contribution in [3.8, 4) is 0 Å². The lowest BCUT2D eigenvalue weighted by Gasteiger charge is -2.10. The number of hydrogen-bond acceptors (Lipinski definition) is 3. The second-order valence-electron chi connectivity index (χ2n) is 3.98. The number of nitrogens with one attached hydrogen (secondary N) is 2. The topological polar surface area (TPSA) is 54.0 Å². The minimum atomic E-state index is -0.334. The maximum atomic E-state index is 12.0. The van der Waals surface area contributed by atoms with Gasteiger partial charge in [-0.05, 0) is 36.0 Å². The fourth-order valence-electron chi connectivity index (χ4n) is 1.55. The molecule has 1 heterocycles. The highest BCUT2D eigenvalue weighted by Gasteiger charge is 2.10. The molecule has 102 valence electrons. The smallest absolute Gasteiger partial charge is 0.258 e. The first-order valence-electron chi connectivity index (χ1n) is 5.89. The number of pyridine rings is 1. The quantitative estimate of drug-likeness (QED) is 0.856. The predicted molar refractivity (Wildman–Crippen MR) is 82.6 cm³/mol. The van der Waals surface area contributed by atoms with E-state index in [4.69, 9.17) is 23.8 Å². The van der Waals surface area contributed by atoms with Crippen molar-refractivity contribution >= 4 is 34.8 Å². The van der Waals surface area contributed by atoms with E-state index >= 15 is 0 Å². The van der Waals surface area contributed by atoms with Gasteiger partial charge in [-0.25, -0.2) is 0 Å². The molecule has 0 aliphatic carbocycles. The Morgan fingerprint density at radius 2 is 2.05 bits per heavy atom. The number of nitrogens with zero attached hydrogens (tertiary/aromatic N) is 1. The Balaban J connectivity index is 1.89. The maximum absolute atomic E-state index is 12.0. The highest BCUT2D eigenvalue weighted by atomic mass is 35.5. The van der Waals surface area contributed by atoms with E-state index in [-0.39, 0.29) is 11.0 Å². The zero-order chi connectivity index (χ0) is 14.4. The number of benzene rings is 1. The molecular formula is C14H12ClN3OS. The van der Waals surface area contributed by atoms with Crippen molar-refractivity contribution in [1.82, 2.24) is 15.6 Å². The Labute approximate surface area is 127 Å². The number of rotatable bonds is 3. The normalized spacial score (nSPS) is 9.85. The van der Waals surface area contributed by atoms with Crippen LogP contribution in [0.3, 0.4) is 0 Å². The molecule has 2 aromatic rings. The molecule has 0 aliphatic heterocycles. The molecule has 0 saturated heterocycles. The van der Waals surface area contributed by atoms with Gasteiger partial charge >= 0.3 is 0 Å². The van der Waals surface area contributed by atoms with Crippen LogP contribution in [0.25, 0.3) is 0 Å². The number of amides is 1. The van der Waals surface area contributed by atoms with Crippen molar-refractivity contribution < 1.29 is 4.79 Å². The van der Waals surface area contributed by atoms with E-state index in [1.165, 1.54) is 0 Å². The summed E-state index contributed by atoms with van der Waals surface area (Å²) < 4.78 is 0. The van der Waals surface area contributed by atoms with Crippen LogP contribution in [0.2, 0.25) is 5.02 Å². The van der Waals surface area contributed by atoms with Crippen LogP contribution in [-0.4, -0.2) is 16.0 Å². The molecular weight excluding hydrogens is 294 g/mol. The van der Waals surface area contributed by atoms with Crippen LogP contribution in [-0.2, 0) is 6.54 Å². The van der Waals surface area contributed by atoms with Crippen molar-refractivity contribution in [1.29, 1.82) is 0 Å². The molecule has 0 radical (unpaired) electrons. The van der Waals surface area contributed by atoms with Crippen molar-refractivity contribution in [3.63, 3.8) is 0 Å². The van der Waals surface area contributed by atoms with Crippen LogP contribution >= 0.6 is 23.8 Å². The van der Waals surface area contributed by atoms with Crippen LogP contribution in [0, 0.1) is 0 Å². The van der Waals surface area contributed by atoms with E-state index in [1.807, 2.05) is 12.1 Å². The highest BCUT2D eigenvalue weighted by molar-refractivity contribution is 7.80. The Bertz CT molecular complexity index is 619. The first-order valence-corrected chi connectivity index (χ1v) is 6.68. The number of carbonyl (C=O) groups excluding carboxylic acids is 1. The fourth-order valence-corrected chi connectivity index (χ4v) is 1.93. The molecule has 0 saturated carbocycles. The van der Waals surface area contributed by atoms with Gasteiger partial charge in [0.15, 0.2) is 5.11 Å². The molecule has 0 aliphatic rings. The highest BCUT2D eigenvalue weighted by Crippen LogP contribution is 2.14. The van der Waals surface area contributed by atoms with Crippen molar-refractivity contribution in [2.24, 2.45) is 0 Å². The molecule has 2 N–H and O–H groups in total. The summed E-state index contributed by atoms with van der Waals surface area (Å²) >= 11 is 11.0. The second kappa shape index (κ2) is 6.98. The summed E-state index contributed by atoms with van der Waals surface area (Å²) in [6.45, 7) is 0.496. The summed E-state index contributed by atoms with van der Waals surface area (Å²) in [6, 6.07) is 10.6. The molecule has 4 nitrogen and oxygen atoms in total. The van der Waals surface area contributed by atoms with Crippen molar-refractivity contribution in [3.05, 3.63) is 64.9 Å². The van der Waals surface area contributed by atoms with E-state index in [2.05, 4.69) is 15.6 Å². The molecule has 0 unspecified atom stereocenters. The van der Waals surface area contributed by atoms with E-state index in [0.717, 1.165) is 5.56 Å². The zero-order valence-electron chi connectivity index (χ0n) is 10.5. The lowest BCUT2D eigenvalue weighted by molar-refractivity contribution is 0.0977. The summed E-state index contributed by atoms with van der Waals surface area (Å²) in [7, 11) is 0. The average molecular weight is 306 g/mol. The lowest BCUT2D eigenvalue weighted by atomic mass is 10.2. The molecule has 1 aromatic carbocycles. The number of carbonyl (C=O) groups is 1. The van der Waals surface area contributed by atoms with E-state index < -0.39 is 0 Å². The first kappa shape index (κ1) is 14.4. The summed E-state index contributed by atoms with van der Waals surface area (Å²) in [5.41, 5.74) is 1.36. The van der Waals surface area contributed by atoms with Crippen LogP contribution in [0.5, 0.6) is 0 Å². The molecule has 0 atom stereocenters.